The minimum Gasteiger partial charge on any atom is -0.442 e. The van der Waals surface area contributed by atoms with Crippen molar-refractivity contribution in [3.05, 3.63) is 186 Å². The lowest BCUT2D eigenvalue weighted by Gasteiger charge is -2.22. The van der Waals surface area contributed by atoms with E-state index in [0.29, 0.717) is 91.7 Å². The molecule has 18 nitrogen and oxygen atoms in total. The van der Waals surface area contributed by atoms with Crippen molar-refractivity contribution in [2.24, 2.45) is 10.8 Å². The maximum absolute atomic E-state index is 14.0. The van der Waals surface area contributed by atoms with Crippen molar-refractivity contribution in [1.29, 1.82) is 10.5 Å². The highest BCUT2D eigenvalue weighted by Crippen LogP contribution is 2.56. The van der Waals surface area contributed by atoms with Crippen molar-refractivity contribution in [3.8, 4) is 23.3 Å². The summed E-state index contributed by atoms with van der Waals surface area (Å²) in [6.45, 7) is 25.1. The molecular weight excluding hydrogens is 1390 g/mol. The van der Waals surface area contributed by atoms with Gasteiger partial charge in [-0.05, 0) is 166 Å². The number of nitrogens with one attached hydrogen (secondary N) is 3. The number of ether oxygens (including phenoxy) is 1. The summed E-state index contributed by atoms with van der Waals surface area (Å²) in [5.41, 5.74) is 7.59. The average Bonchev–Trinajstić information content (AvgIpc) is 1.59. The van der Waals surface area contributed by atoms with Crippen molar-refractivity contribution in [2.75, 3.05) is 23.7 Å². The number of nitriles is 2. The van der Waals surface area contributed by atoms with Gasteiger partial charge in [-0.3, -0.25) is 15.1 Å². The van der Waals surface area contributed by atoms with E-state index in [0.717, 1.165) is 63.9 Å². The van der Waals surface area contributed by atoms with Crippen LogP contribution in [0.1, 0.15) is 161 Å². The standard InChI is InChI=1S/C33H32ClF3N8.C30H29BrClF3N6.C9H14N2O2/c1-19-23(22-15-41-42-16-22)6-5-7-24(19)25(28-17-45(44-43-28)32(8-9-32)33(35,36)37)10-20-11-26-29(40-18-31(2,3)4)21(13-38)14-39-30(26)27(34)12-20;1-17-20(6-5-7-23(17)31)21(25-15-41(40-39-25)29(8-9-29)30(33,34)35)10-18-11-22-26(38-16-28(2,3)4)19(13-36)14-37-27(22)24(32)12-18;1-7-5-10-11(6-7)8(12)13-9(2,3)4/h5-7,11-12,14-17,25H,8-10,18H2,1-4H3,(H,39,40)(H,41,42);5-7,11-12,14-15,21H,8-10,16H2,1-4H3,(H,37,38);5-6H,1-4H3/t25-;21-;/m00./s1. The van der Waals surface area contributed by atoms with Crippen molar-refractivity contribution >= 4 is 78.4 Å². The molecular formula is C72H75BrCl2F6N16O2. The number of benzene rings is 4. The third-order valence-electron chi connectivity index (χ3n) is 17.3. The molecule has 0 aliphatic heterocycles. The van der Waals surface area contributed by atoms with Crippen LogP contribution in [-0.4, -0.2) is 97.1 Å². The Morgan fingerprint density at radius 3 is 1.53 bits per heavy atom. The summed E-state index contributed by atoms with van der Waals surface area (Å²) >= 11 is 17.1. The number of carbonyl (C=O) groups excluding carboxylic acids is 1. The minimum atomic E-state index is -4.43. The van der Waals surface area contributed by atoms with Crippen LogP contribution in [0, 0.1) is 54.3 Å². The summed E-state index contributed by atoms with van der Waals surface area (Å²) in [4.78, 5) is 20.3. The van der Waals surface area contributed by atoms with Gasteiger partial charge in [0.1, 0.15) is 17.7 Å². The first kappa shape index (κ1) is 72.8. The van der Waals surface area contributed by atoms with Gasteiger partial charge in [0, 0.05) is 70.5 Å². The van der Waals surface area contributed by atoms with E-state index in [9.17, 15) is 41.7 Å². The number of hydrogen-bond acceptors (Lipinski definition) is 14. The Labute approximate surface area is 588 Å². The molecule has 0 bridgehead atoms. The van der Waals surface area contributed by atoms with Gasteiger partial charge in [-0.2, -0.15) is 51.7 Å². The summed E-state index contributed by atoms with van der Waals surface area (Å²) in [6.07, 6.45) is 4.04. The molecule has 0 spiro atoms. The quantitative estimate of drug-likeness (QED) is 0.0811. The highest BCUT2D eigenvalue weighted by atomic mass is 79.9. The number of halogens is 9. The van der Waals surface area contributed by atoms with E-state index in [4.69, 9.17) is 27.9 Å². The molecule has 12 rings (SSSR count). The van der Waals surface area contributed by atoms with Crippen LogP contribution in [0.5, 0.6) is 0 Å². The Morgan fingerprint density at radius 1 is 0.667 bits per heavy atom. The fourth-order valence-corrected chi connectivity index (χ4v) is 12.7. The number of fused-ring (bicyclic) bond motifs is 2. The van der Waals surface area contributed by atoms with Gasteiger partial charge in [0.2, 0.25) is 0 Å². The summed E-state index contributed by atoms with van der Waals surface area (Å²) in [6, 6.07) is 23.6. The molecule has 6 heterocycles. The predicted octanol–water partition coefficient (Wildman–Crippen LogP) is 18.2. The Kier molecular flexibility index (Phi) is 20.6. The van der Waals surface area contributed by atoms with Gasteiger partial charge >= 0.3 is 18.4 Å². The van der Waals surface area contributed by atoms with E-state index >= 15 is 0 Å². The maximum atomic E-state index is 14.0. The second-order valence-electron chi connectivity index (χ2n) is 28.7. The molecule has 2 saturated carbocycles. The number of aryl methyl sites for hydroxylation is 1. The fourth-order valence-electron chi connectivity index (χ4n) is 11.7. The van der Waals surface area contributed by atoms with Crippen molar-refractivity contribution < 1.29 is 35.9 Å². The topological polar surface area (TPSA) is 232 Å². The molecule has 0 saturated heterocycles. The number of hydrogen-bond donors (Lipinski definition) is 3. The molecule has 0 radical (unpaired) electrons. The molecule has 2 aliphatic carbocycles. The van der Waals surface area contributed by atoms with Crippen molar-refractivity contribution in [2.45, 2.75) is 162 Å². The highest BCUT2D eigenvalue weighted by molar-refractivity contribution is 9.10. The molecule has 0 amide bonds. The number of carbonyl (C=O) groups is 1. The Hall–Kier alpha value is -8.91. The minimum absolute atomic E-state index is 0.0151. The fraction of sp³-hybridized carbons (Fsp3) is 0.403. The number of alkyl halides is 6. The number of pyridine rings is 2. The van der Waals surface area contributed by atoms with Crippen LogP contribution >= 0.6 is 39.1 Å². The number of aromatic nitrogens is 12. The number of rotatable bonds is 15. The molecule has 0 unspecified atom stereocenters. The summed E-state index contributed by atoms with van der Waals surface area (Å²) in [5, 5.41) is 56.1. The molecule has 10 aromatic rings. The van der Waals surface area contributed by atoms with E-state index in [1.807, 2.05) is 102 Å². The van der Waals surface area contributed by atoms with E-state index in [1.165, 1.54) is 29.5 Å². The van der Waals surface area contributed by atoms with Crippen LogP contribution in [0.3, 0.4) is 0 Å². The summed E-state index contributed by atoms with van der Waals surface area (Å²) < 4.78 is 92.8. The normalized spacial score (nSPS) is 14.8. The first-order valence-corrected chi connectivity index (χ1v) is 33.6. The zero-order valence-corrected chi connectivity index (χ0v) is 59.8. The third-order valence-corrected chi connectivity index (χ3v) is 18.8. The SMILES string of the molecule is Cc1c(-c2cn[nH]c2)cccc1[C@H](Cc1cc(Cl)c2ncc(C#N)c(NCC(C)(C)C)c2c1)c1cn(C2(C(F)(F)F)CC2)nn1.Cc1c(Br)cccc1[C@H](Cc1cc(Cl)c2ncc(C#N)c(NCC(C)(C)C)c2c1)c1cn(C2(C(F)(F)F)CC2)nn1.Cc1cnn(C(=O)OC(C)(C)C)c1. The molecule has 6 aromatic heterocycles. The van der Waals surface area contributed by atoms with Crippen LogP contribution in [-0.2, 0) is 28.7 Å². The maximum Gasteiger partial charge on any atom is 0.435 e. The van der Waals surface area contributed by atoms with Gasteiger partial charge in [-0.15, -0.1) is 10.2 Å². The second-order valence-corrected chi connectivity index (χ2v) is 30.4. The van der Waals surface area contributed by atoms with Crippen molar-refractivity contribution in [1.82, 2.24) is 59.9 Å². The zero-order valence-electron chi connectivity index (χ0n) is 56.7. The molecule has 518 valence electrons. The van der Waals surface area contributed by atoms with E-state index in [2.05, 4.69) is 126 Å². The highest BCUT2D eigenvalue weighted by Gasteiger charge is 2.67. The average molecular weight is 1460 g/mol. The molecule has 2 fully saturated rings. The van der Waals surface area contributed by atoms with Crippen LogP contribution in [0.2, 0.25) is 10.0 Å². The largest absolute Gasteiger partial charge is 0.442 e. The number of H-pyrrole nitrogens is 1. The lowest BCUT2D eigenvalue weighted by Crippen LogP contribution is -2.35. The van der Waals surface area contributed by atoms with Crippen LogP contribution in [0.15, 0.2) is 115 Å². The number of anilines is 2. The molecule has 3 N–H and O–H groups in total. The number of nitrogens with zero attached hydrogens (tertiary/aromatic N) is 13. The lowest BCUT2D eigenvalue weighted by atomic mass is 9.84. The first-order chi connectivity index (χ1) is 46.4. The van der Waals surface area contributed by atoms with E-state index in [1.54, 1.807) is 24.8 Å². The Balaban J connectivity index is 0.000000182. The first-order valence-electron chi connectivity index (χ1n) is 32.0. The summed E-state index contributed by atoms with van der Waals surface area (Å²) in [5.74, 6) is -0.863. The molecule has 4 aromatic carbocycles. The van der Waals surface area contributed by atoms with E-state index < -0.39 is 47.0 Å². The lowest BCUT2D eigenvalue weighted by molar-refractivity contribution is -0.183. The van der Waals surface area contributed by atoms with Gasteiger partial charge < -0.3 is 15.4 Å². The molecule has 99 heavy (non-hydrogen) atoms. The van der Waals surface area contributed by atoms with Crippen LogP contribution in [0.4, 0.5) is 42.5 Å². The molecule has 27 heteroatoms. The van der Waals surface area contributed by atoms with Gasteiger partial charge in [0.05, 0.1) is 79.8 Å². The van der Waals surface area contributed by atoms with Gasteiger partial charge in [-0.25, -0.2) is 14.2 Å². The Morgan fingerprint density at radius 2 is 1.13 bits per heavy atom. The van der Waals surface area contributed by atoms with Crippen LogP contribution < -0.4 is 10.6 Å². The zero-order chi connectivity index (χ0) is 72.0. The molecule has 2 atom stereocenters. The van der Waals surface area contributed by atoms with Gasteiger partial charge in [0.25, 0.3) is 0 Å². The smallest absolute Gasteiger partial charge is 0.435 e. The number of aromatic amines is 1. The summed E-state index contributed by atoms with van der Waals surface area (Å²) in [7, 11) is 0. The van der Waals surface area contributed by atoms with Crippen LogP contribution in [0.25, 0.3) is 32.9 Å². The second kappa shape index (κ2) is 28.0. The Bertz CT molecular complexity index is 4710. The van der Waals surface area contributed by atoms with Crippen molar-refractivity contribution in [3.63, 3.8) is 0 Å². The van der Waals surface area contributed by atoms with Gasteiger partial charge in [-0.1, -0.05) is 121 Å². The predicted molar refractivity (Wildman–Crippen MR) is 373 cm³/mol. The monoisotopic (exact) mass is 1460 g/mol. The third kappa shape index (κ3) is 16.2. The molecule has 2 aliphatic rings. The van der Waals surface area contributed by atoms with E-state index in [-0.39, 0.29) is 36.5 Å². The van der Waals surface area contributed by atoms with Gasteiger partial charge in [0.15, 0.2) is 11.1 Å².